The Morgan fingerprint density at radius 2 is 2.20 bits per heavy atom. The van der Waals surface area contributed by atoms with Crippen molar-refractivity contribution in [2.24, 2.45) is 5.41 Å². The zero-order valence-corrected chi connectivity index (χ0v) is 12.9. The van der Waals surface area contributed by atoms with Crippen molar-refractivity contribution in [3.8, 4) is 5.75 Å². The van der Waals surface area contributed by atoms with E-state index >= 15 is 0 Å². The molecule has 1 saturated heterocycles. The Morgan fingerprint density at radius 3 is 2.75 bits per heavy atom. The van der Waals surface area contributed by atoms with Gasteiger partial charge in [-0.2, -0.15) is 0 Å². The molecule has 20 heavy (non-hydrogen) atoms. The first-order chi connectivity index (χ1) is 9.42. The molecule has 0 aromatic heterocycles. The summed E-state index contributed by atoms with van der Waals surface area (Å²) in [5.41, 5.74) is 1.04. The van der Waals surface area contributed by atoms with Crippen LogP contribution in [0.15, 0.2) is 18.2 Å². The number of halogens is 1. The van der Waals surface area contributed by atoms with Crippen molar-refractivity contribution >= 4 is 0 Å². The number of benzene rings is 1. The van der Waals surface area contributed by atoms with Crippen LogP contribution in [0, 0.1) is 11.2 Å². The predicted octanol–water partition coefficient (Wildman–Crippen LogP) is 2.61. The second kappa shape index (κ2) is 6.10. The maximum Gasteiger partial charge on any atom is 0.131 e. The number of likely N-dealkylation sites (tertiary alicyclic amines) is 1. The van der Waals surface area contributed by atoms with Crippen LogP contribution < -0.4 is 4.74 Å². The van der Waals surface area contributed by atoms with Crippen LogP contribution >= 0.6 is 0 Å². The zero-order chi connectivity index (χ0) is 14.8. The molecule has 1 aliphatic rings. The fourth-order valence-electron chi connectivity index (χ4n) is 3.18. The van der Waals surface area contributed by atoms with Crippen LogP contribution in [0.1, 0.15) is 18.9 Å². The number of ether oxygens (including phenoxy) is 1. The van der Waals surface area contributed by atoms with Crippen LogP contribution in [0.4, 0.5) is 4.39 Å². The molecule has 1 aromatic carbocycles. The molecule has 1 aliphatic heterocycles. The third-order valence-corrected chi connectivity index (χ3v) is 4.10. The van der Waals surface area contributed by atoms with Gasteiger partial charge in [-0.3, -0.25) is 0 Å². The average Bonchev–Trinajstić information content (AvgIpc) is 2.71. The molecule has 1 aromatic rings. The van der Waals surface area contributed by atoms with Gasteiger partial charge in [0.1, 0.15) is 11.6 Å². The molecule has 1 fully saturated rings. The molecular formula is C16H25FN2O. The summed E-state index contributed by atoms with van der Waals surface area (Å²) in [6.07, 6.45) is 1.21. The van der Waals surface area contributed by atoms with Crippen molar-refractivity contribution in [3.63, 3.8) is 0 Å². The normalized spacial score (nSPS) is 23.5. The highest BCUT2D eigenvalue weighted by atomic mass is 19.1. The fraction of sp³-hybridized carbons (Fsp3) is 0.625. The zero-order valence-electron chi connectivity index (χ0n) is 12.9. The first-order valence-corrected chi connectivity index (χ1v) is 7.11. The summed E-state index contributed by atoms with van der Waals surface area (Å²) < 4.78 is 19.0. The van der Waals surface area contributed by atoms with E-state index in [1.54, 1.807) is 7.11 Å². The largest absolute Gasteiger partial charge is 0.497 e. The SMILES string of the molecule is COc1ccc(CN(C)C[C@@]2(C)CCN(C)C2)c(F)c1. The quantitative estimate of drug-likeness (QED) is 0.824. The van der Waals surface area contributed by atoms with Crippen LogP contribution in [-0.2, 0) is 6.54 Å². The summed E-state index contributed by atoms with van der Waals surface area (Å²) in [4.78, 5) is 4.58. The lowest BCUT2D eigenvalue weighted by Crippen LogP contribution is -2.35. The van der Waals surface area contributed by atoms with E-state index in [9.17, 15) is 4.39 Å². The minimum absolute atomic E-state index is 0.190. The summed E-state index contributed by atoms with van der Waals surface area (Å²) >= 11 is 0. The van der Waals surface area contributed by atoms with Crippen LogP contribution in [0.5, 0.6) is 5.75 Å². The molecule has 2 rings (SSSR count). The van der Waals surface area contributed by atoms with Gasteiger partial charge in [0.2, 0.25) is 0 Å². The van der Waals surface area contributed by atoms with Gasteiger partial charge in [-0.25, -0.2) is 4.39 Å². The van der Waals surface area contributed by atoms with Gasteiger partial charge in [-0.05, 0) is 38.5 Å². The van der Waals surface area contributed by atoms with Crippen LogP contribution in [0.2, 0.25) is 0 Å². The van der Waals surface area contributed by atoms with E-state index in [4.69, 9.17) is 4.74 Å². The van der Waals surface area contributed by atoms with Gasteiger partial charge >= 0.3 is 0 Å². The molecule has 112 valence electrons. The van der Waals surface area contributed by atoms with E-state index in [0.29, 0.717) is 17.7 Å². The molecule has 4 heteroatoms. The van der Waals surface area contributed by atoms with Crippen molar-refractivity contribution in [1.29, 1.82) is 0 Å². The molecule has 3 nitrogen and oxygen atoms in total. The van der Waals surface area contributed by atoms with Gasteiger partial charge in [0.15, 0.2) is 0 Å². The molecule has 0 amide bonds. The number of hydrogen-bond donors (Lipinski definition) is 0. The third-order valence-electron chi connectivity index (χ3n) is 4.10. The lowest BCUT2D eigenvalue weighted by Gasteiger charge is -2.30. The molecule has 1 heterocycles. The maximum absolute atomic E-state index is 14.0. The molecule has 0 N–H and O–H groups in total. The molecule has 0 spiro atoms. The van der Waals surface area contributed by atoms with Crippen LogP contribution in [0.3, 0.4) is 0 Å². The van der Waals surface area contributed by atoms with Gasteiger partial charge in [0.25, 0.3) is 0 Å². The Bertz CT molecular complexity index is 466. The highest BCUT2D eigenvalue weighted by Gasteiger charge is 2.32. The second-order valence-electron chi connectivity index (χ2n) is 6.43. The van der Waals surface area contributed by atoms with Crippen molar-refractivity contribution < 1.29 is 9.13 Å². The van der Waals surface area contributed by atoms with Gasteiger partial charge in [0, 0.05) is 31.3 Å². The lowest BCUT2D eigenvalue weighted by molar-refractivity contribution is 0.188. The average molecular weight is 280 g/mol. The lowest BCUT2D eigenvalue weighted by atomic mass is 9.89. The van der Waals surface area contributed by atoms with E-state index < -0.39 is 0 Å². The molecule has 0 unspecified atom stereocenters. The highest BCUT2D eigenvalue weighted by Crippen LogP contribution is 2.30. The van der Waals surface area contributed by atoms with Crippen LogP contribution in [-0.4, -0.2) is 50.6 Å². The fourth-order valence-corrected chi connectivity index (χ4v) is 3.18. The molecule has 0 radical (unpaired) electrons. The summed E-state index contributed by atoms with van der Waals surface area (Å²) in [6.45, 7) is 6.21. The van der Waals surface area contributed by atoms with Crippen molar-refractivity contribution in [2.45, 2.75) is 19.9 Å². The maximum atomic E-state index is 14.0. The van der Waals surface area contributed by atoms with E-state index in [2.05, 4.69) is 30.8 Å². The molecule has 0 saturated carbocycles. The monoisotopic (exact) mass is 280 g/mol. The number of hydrogen-bond acceptors (Lipinski definition) is 3. The third kappa shape index (κ3) is 3.70. The standard InChI is InChI=1S/C16H25FN2O/c1-16(7-8-18(2)11-16)12-19(3)10-13-5-6-14(20-4)9-15(13)17/h5-6,9H,7-8,10-12H2,1-4H3/t16-/m0/s1. The highest BCUT2D eigenvalue weighted by molar-refractivity contribution is 5.28. The van der Waals surface area contributed by atoms with E-state index in [1.807, 2.05) is 12.1 Å². The Kier molecular flexibility index (Phi) is 4.66. The van der Waals surface area contributed by atoms with Gasteiger partial charge in [-0.1, -0.05) is 13.0 Å². The number of rotatable bonds is 5. The van der Waals surface area contributed by atoms with E-state index in [1.165, 1.54) is 12.5 Å². The van der Waals surface area contributed by atoms with E-state index in [-0.39, 0.29) is 5.82 Å². The predicted molar refractivity (Wildman–Crippen MR) is 79.5 cm³/mol. The number of methoxy groups -OCH3 is 1. The summed E-state index contributed by atoms with van der Waals surface area (Å²) in [5, 5.41) is 0. The summed E-state index contributed by atoms with van der Waals surface area (Å²) in [5.74, 6) is 0.378. The van der Waals surface area contributed by atoms with Gasteiger partial charge in [0.05, 0.1) is 7.11 Å². The molecular weight excluding hydrogens is 255 g/mol. The molecule has 1 atom stereocenters. The van der Waals surface area contributed by atoms with Crippen molar-refractivity contribution in [1.82, 2.24) is 9.80 Å². The summed E-state index contributed by atoms with van der Waals surface area (Å²) in [6, 6.07) is 5.08. The number of nitrogens with zero attached hydrogens (tertiary/aromatic N) is 2. The van der Waals surface area contributed by atoms with E-state index in [0.717, 1.165) is 25.2 Å². The Balaban J connectivity index is 1.96. The first kappa shape index (κ1) is 15.3. The molecule has 0 bridgehead atoms. The Hall–Kier alpha value is -1.13. The molecule has 0 aliphatic carbocycles. The summed E-state index contributed by atoms with van der Waals surface area (Å²) in [7, 11) is 5.78. The van der Waals surface area contributed by atoms with Crippen molar-refractivity contribution in [2.75, 3.05) is 40.8 Å². The van der Waals surface area contributed by atoms with Gasteiger partial charge in [-0.15, -0.1) is 0 Å². The first-order valence-electron chi connectivity index (χ1n) is 7.11. The minimum atomic E-state index is -0.190. The minimum Gasteiger partial charge on any atom is -0.497 e. The smallest absolute Gasteiger partial charge is 0.131 e. The van der Waals surface area contributed by atoms with Crippen LogP contribution in [0.25, 0.3) is 0 Å². The Morgan fingerprint density at radius 1 is 1.45 bits per heavy atom. The second-order valence-corrected chi connectivity index (χ2v) is 6.43. The topological polar surface area (TPSA) is 15.7 Å². The Labute approximate surface area is 121 Å². The van der Waals surface area contributed by atoms with Gasteiger partial charge < -0.3 is 14.5 Å². The van der Waals surface area contributed by atoms with Crippen molar-refractivity contribution in [3.05, 3.63) is 29.6 Å².